The summed E-state index contributed by atoms with van der Waals surface area (Å²) < 4.78 is 32.9. The van der Waals surface area contributed by atoms with Gasteiger partial charge in [-0.3, -0.25) is 14.5 Å². The number of nitrogens with zero attached hydrogens (tertiary/aromatic N) is 3. The third kappa shape index (κ3) is 5.17. The minimum Gasteiger partial charge on any atom is -0.379 e. The van der Waals surface area contributed by atoms with E-state index in [0.29, 0.717) is 45.1 Å². The molecule has 31 heavy (non-hydrogen) atoms. The first-order valence-electron chi connectivity index (χ1n) is 10.7. The van der Waals surface area contributed by atoms with Crippen LogP contribution in [0.15, 0.2) is 23.1 Å². The maximum atomic E-state index is 13.1. The van der Waals surface area contributed by atoms with Crippen molar-refractivity contribution in [3.63, 3.8) is 0 Å². The largest absolute Gasteiger partial charge is 0.379 e. The molecule has 0 aromatic heterocycles. The van der Waals surface area contributed by atoms with Crippen LogP contribution in [0.3, 0.4) is 0 Å². The Morgan fingerprint density at radius 3 is 2.55 bits per heavy atom. The van der Waals surface area contributed by atoms with Crippen molar-refractivity contribution >= 4 is 33.2 Å². The highest BCUT2D eigenvalue weighted by molar-refractivity contribution is 7.89. The van der Waals surface area contributed by atoms with Gasteiger partial charge in [0, 0.05) is 39.3 Å². The lowest BCUT2D eigenvalue weighted by atomic mass is 10.2. The van der Waals surface area contributed by atoms with Crippen molar-refractivity contribution in [2.45, 2.75) is 17.7 Å². The van der Waals surface area contributed by atoms with Crippen LogP contribution in [0.25, 0.3) is 0 Å². The maximum Gasteiger partial charge on any atom is 0.243 e. The zero-order valence-electron chi connectivity index (χ0n) is 17.5. The van der Waals surface area contributed by atoms with Crippen LogP contribution in [0.4, 0.5) is 11.4 Å². The molecule has 0 bridgehead atoms. The number of carbonyl (C=O) groups excluding carboxylic acids is 2. The van der Waals surface area contributed by atoms with Gasteiger partial charge in [0.25, 0.3) is 0 Å². The van der Waals surface area contributed by atoms with Crippen molar-refractivity contribution in [2.75, 3.05) is 75.8 Å². The van der Waals surface area contributed by atoms with Crippen molar-refractivity contribution < 1.29 is 22.7 Å². The monoisotopic (exact) mass is 451 g/mol. The summed E-state index contributed by atoms with van der Waals surface area (Å²) in [6, 6.07) is 4.95. The molecule has 0 atom stereocenters. The number of carbonyl (C=O) groups is 2. The normalized spacial score (nSPS) is 21.2. The Labute approximate surface area is 182 Å². The highest BCUT2D eigenvalue weighted by Gasteiger charge is 2.28. The molecule has 3 fully saturated rings. The van der Waals surface area contributed by atoms with Gasteiger partial charge in [0.1, 0.15) is 0 Å². The van der Waals surface area contributed by atoms with Gasteiger partial charge in [0.05, 0.1) is 42.6 Å². The first-order valence-corrected chi connectivity index (χ1v) is 12.1. The number of nitrogens with one attached hydrogen (secondary N) is 2. The topological polar surface area (TPSA) is 111 Å². The number of ether oxygens (including phenoxy) is 1. The minimum atomic E-state index is -3.67. The molecule has 0 aliphatic carbocycles. The van der Waals surface area contributed by atoms with E-state index in [0.717, 1.165) is 31.6 Å². The van der Waals surface area contributed by atoms with Gasteiger partial charge < -0.3 is 20.3 Å². The second kappa shape index (κ2) is 9.51. The van der Waals surface area contributed by atoms with Crippen LogP contribution in [0, 0.1) is 0 Å². The second-order valence-electron chi connectivity index (χ2n) is 8.00. The number of sulfonamides is 1. The van der Waals surface area contributed by atoms with E-state index >= 15 is 0 Å². The summed E-state index contributed by atoms with van der Waals surface area (Å²) in [6.45, 7) is 4.47. The van der Waals surface area contributed by atoms with E-state index in [4.69, 9.17) is 4.74 Å². The van der Waals surface area contributed by atoms with E-state index in [1.54, 1.807) is 23.1 Å². The summed E-state index contributed by atoms with van der Waals surface area (Å²) in [7, 11) is -3.67. The standard InChI is InChI=1S/C20H29N5O5S/c26-19-14-23(8-5-21-19)15-20(27)22-17-13-16(3-4-18(17)24-6-1-2-7-24)31(28,29)25-9-11-30-12-10-25/h3-4,13H,1-2,5-12,14-15H2,(H,21,26)(H,22,27). The van der Waals surface area contributed by atoms with Crippen LogP contribution < -0.4 is 15.5 Å². The fourth-order valence-electron chi connectivity index (χ4n) is 4.16. The van der Waals surface area contributed by atoms with Crippen LogP contribution >= 0.6 is 0 Å². The molecule has 170 valence electrons. The van der Waals surface area contributed by atoms with Crippen molar-refractivity contribution in [3.8, 4) is 0 Å². The zero-order chi connectivity index (χ0) is 21.8. The number of hydrogen-bond donors (Lipinski definition) is 2. The van der Waals surface area contributed by atoms with Gasteiger partial charge >= 0.3 is 0 Å². The lowest BCUT2D eigenvalue weighted by molar-refractivity contribution is -0.125. The fraction of sp³-hybridized carbons (Fsp3) is 0.600. The molecule has 10 nitrogen and oxygen atoms in total. The van der Waals surface area contributed by atoms with E-state index in [1.165, 1.54) is 4.31 Å². The fourth-order valence-corrected chi connectivity index (χ4v) is 5.60. The first kappa shape index (κ1) is 22.0. The molecule has 3 aliphatic heterocycles. The number of benzene rings is 1. The quantitative estimate of drug-likeness (QED) is 0.610. The Kier molecular flexibility index (Phi) is 6.75. The third-order valence-corrected chi connectivity index (χ3v) is 7.68. The van der Waals surface area contributed by atoms with Gasteiger partial charge in [0.2, 0.25) is 21.8 Å². The zero-order valence-corrected chi connectivity index (χ0v) is 18.3. The number of rotatable bonds is 6. The van der Waals surface area contributed by atoms with Gasteiger partial charge in [-0.25, -0.2) is 8.42 Å². The predicted octanol–water partition coefficient (Wildman–Crippen LogP) is -0.322. The number of piperazine rings is 1. The summed E-state index contributed by atoms with van der Waals surface area (Å²) in [5.41, 5.74) is 1.31. The highest BCUT2D eigenvalue weighted by atomic mass is 32.2. The summed E-state index contributed by atoms with van der Waals surface area (Å²) in [6.07, 6.45) is 2.12. The number of anilines is 2. The van der Waals surface area contributed by atoms with Gasteiger partial charge in [0.15, 0.2) is 0 Å². The lowest BCUT2D eigenvalue weighted by Gasteiger charge is -2.28. The molecule has 0 unspecified atom stereocenters. The van der Waals surface area contributed by atoms with Crippen LogP contribution in [0.2, 0.25) is 0 Å². The summed E-state index contributed by atoms with van der Waals surface area (Å²) >= 11 is 0. The Hall–Kier alpha value is -2.21. The molecule has 11 heteroatoms. The molecule has 3 saturated heterocycles. The average Bonchev–Trinajstić information content (AvgIpc) is 3.29. The second-order valence-corrected chi connectivity index (χ2v) is 9.94. The van der Waals surface area contributed by atoms with E-state index in [-0.39, 0.29) is 29.8 Å². The van der Waals surface area contributed by atoms with Gasteiger partial charge in [-0.1, -0.05) is 0 Å². The van der Waals surface area contributed by atoms with Gasteiger partial charge in [-0.15, -0.1) is 0 Å². The molecule has 0 saturated carbocycles. The molecule has 1 aromatic rings. The predicted molar refractivity (Wildman–Crippen MR) is 116 cm³/mol. The van der Waals surface area contributed by atoms with Gasteiger partial charge in [-0.2, -0.15) is 4.31 Å². The number of amides is 2. The Morgan fingerprint density at radius 2 is 1.84 bits per heavy atom. The van der Waals surface area contributed by atoms with E-state index < -0.39 is 10.0 Å². The molecule has 0 radical (unpaired) electrons. The molecule has 3 aliphatic rings. The van der Waals surface area contributed by atoms with Crippen molar-refractivity contribution in [3.05, 3.63) is 18.2 Å². The van der Waals surface area contributed by atoms with Crippen molar-refractivity contribution in [2.24, 2.45) is 0 Å². The lowest BCUT2D eigenvalue weighted by Crippen LogP contribution is -2.49. The molecule has 2 amide bonds. The smallest absolute Gasteiger partial charge is 0.243 e. The molecular formula is C20H29N5O5S. The molecule has 3 heterocycles. The van der Waals surface area contributed by atoms with Crippen LogP contribution in [-0.4, -0.2) is 95.0 Å². The Bertz CT molecular complexity index is 926. The Morgan fingerprint density at radius 1 is 1.10 bits per heavy atom. The van der Waals surface area contributed by atoms with Crippen molar-refractivity contribution in [1.82, 2.24) is 14.5 Å². The van der Waals surface area contributed by atoms with Crippen LogP contribution in [0.5, 0.6) is 0 Å². The van der Waals surface area contributed by atoms with Gasteiger partial charge in [-0.05, 0) is 31.0 Å². The van der Waals surface area contributed by atoms with Crippen LogP contribution in [0.1, 0.15) is 12.8 Å². The molecule has 2 N–H and O–H groups in total. The number of hydrogen-bond acceptors (Lipinski definition) is 7. The maximum absolute atomic E-state index is 13.1. The average molecular weight is 452 g/mol. The molecule has 0 spiro atoms. The van der Waals surface area contributed by atoms with E-state index in [9.17, 15) is 18.0 Å². The SMILES string of the molecule is O=C1CN(CC(=O)Nc2cc(S(=O)(=O)N3CCOCC3)ccc2N2CCCC2)CCN1. The Balaban J connectivity index is 1.56. The highest BCUT2D eigenvalue weighted by Crippen LogP contribution is 2.32. The molecule has 4 rings (SSSR count). The van der Waals surface area contributed by atoms with Crippen molar-refractivity contribution in [1.29, 1.82) is 0 Å². The summed E-state index contributed by atoms with van der Waals surface area (Å²) in [4.78, 5) is 28.4. The number of morpholine rings is 1. The van der Waals surface area contributed by atoms with E-state index in [2.05, 4.69) is 15.5 Å². The molecule has 1 aromatic carbocycles. The minimum absolute atomic E-state index is 0.0767. The van der Waals surface area contributed by atoms with E-state index in [1.807, 2.05) is 0 Å². The summed E-state index contributed by atoms with van der Waals surface area (Å²) in [5.74, 6) is -0.369. The third-order valence-electron chi connectivity index (χ3n) is 5.78. The summed E-state index contributed by atoms with van der Waals surface area (Å²) in [5, 5.41) is 5.64. The first-order chi connectivity index (χ1) is 14.9. The van der Waals surface area contributed by atoms with Crippen LogP contribution in [-0.2, 0) is 24.3 Å². The molecular weight excluding hydrogens is 422 g/mol.